The maximum Gasteiger partial charge on any atom is 0.310 e. The molecule has 1 aromatic rings. The summed E-state index contributed by atoms with van der Waals surface area (Å²) >= 11 is 0. The van der Waals surface area contributed by atoms with Crippen LogP contribution in [0, 0.1) is 16.7 Å². The molecule has 0 aliphatic carbocycles. The summed E-state index contributed by atoms with van der Waals surface area (Å²) in [5.41, 5.74) is -0.101. The monoisotopic (exact) mass is 290 g/mol. The van der Waals surface area contributed by atoms with E-state index in [9.17, 15) is 9.90 Å². The average Bonchev–Trinajstić information content (AvgIpc) is 2.44. The Hall–Kier alpha value is -2.06. The first-order valence-corrected chi connectivity index (χ1v) is 6.71. The molecule has 5 heteroatoms. The number of hydrogen-bond acceptors (Lipinski definition) is 4. The molecule has 0 saturated carbocycles. The van der Waals surface area contributed by atoms with Crippen molar-refractivity contribution in [3.63, 3.8) is 0 Å². The molecule has 21 heavy (non-hydrogen) atoms. The second-order valence-corrected chi connectivity index (χ2v) is 6.06. The lowest BCUT2D eigenvalue weighted by molar-refractivity contribution is -0.151. The van der Waals surface area contributed by atoms with Gasteiger partial charge in [-0.3, -0.25) is 4.79 Å². The number of methoxy groups -OCH3 is 1. The van der Waals surface area contributed by atoms with Gasteiger partial charge in [0.2, 0.25) is 0 Å². The molecule has 1 aromatic carbocycles. The number of nitrogens with one attached hydrogen (secondary N) is 1. The van der Waals surface area contributed by atoms with Crippen molar-refractivity contribution in [2.45, 2.75) is 39.8 Å². The Balaban J connectivity index is 2.89. The van der Waals surface area contributed by atoms with Crippen molar-refractivity contribution >= 4 is 5.97 Å². The number of carboxylic acid groups (broad SMARTS) is 1. The van der Waals surface area contributed by atoms with Gasteiger partial charge in [-0.1, -0.05) is 6.07 Å². The van der Waals surface area contributed by atoms with Crippen LogP contribution in [0.3, 0.4) is 0 Å². The Kier molecular flexibility index (Phi) is 4.97. The molecule has 114 valence electrons. The zero-order valence-corrected chi connectivity index (χ0v) is 13.2. The van der Waals surface area contributed by atoms with Crippen molar-refractivity contribution in [3.05, 3.63) is 29.3 Å². The quantitative estimate of drug-likeness (QED) is 0.841. The van der Waals surface area contributed by atoms with E-state index < -0.39 is 16.9 Å². The summed E-state index contributed by atoms with van der Waals surface area (Å²) in [6.07, 6.45) is 0. The molecule has 5 nitrogen and oxygen atoms in total. The second kappa shape index (κ2) is 6.15. The molecule has 0 aliphatic rings. The van der Waals surface area contributed by atoms with Crippen molar-refractivity contribution in [2.24, 2.45) is 5.41 Å². The summed E-state index contributed by atoms with van der Waals surface area (Å²) in [6.45, 7) is 7.61. The lowest BCUT2D eigenvalue weighted by Crippen LogP contribution is -2.54. The zero-order chi connectivity index (χ0) is 16.3. The van der Waals surface area contributed by atoms with E-state index in [1.807, 2.05) is 19.9 Å². The first kappa shape index (κ1) is 17.0. The van der Waals surface area contributed by atoms with E-state index in [1.54, 1.807) is 26.0 Å². The number of benzene rings is 1. The van der Waals surface area contributed by atoms with E-state index in [0.29, 0.717) is 17.9 Å². The molecular formula is C16H22N2O3. The van der Waals surface area contributed by atoms with Crippen molar-refractivity contribution < 1.29 is 14.6 Å². The topological polar surface area (TPSA) is 82.3 Å². The van der Waals surface area contributed by atoms with Gasteiger partial charge in [0, 0.05) is 12.1 Å². The summed E-state index contributed by atoms with van der Waals surface area (Å²) in [7, 11) is 1.52. The number of carbonyl (C=O) groups is 1. The van der Waals surface area contributed by atoms with Crippen LogP contribution < -0.4 is 10.1 Å². The van der Waals surface area contributed by atoms with Gasteiger partial charge in [-0.2, -0.15) is 5.26 Å². The van der Waals surface area contributed by atoms with Crippen LogP contribution >= 0.6 is 0 Å². The first-order chi connectivity index (χ1) is 9.65. The molecule has 0 fully saturated rings. The predicted octanol–water partition coefficient (Wildman–Crippen LogP) is 2.55. The van der Waals surface area contributed by atoms with Crippen LogP contribution in [0.2, 0.25) is 0 Å². The third kappa shape index (κ3) is 3.53. The summed E-state index contributed by atoms with van der Waals surface area (Å²) < 4.78 is 5.17. The van der Waals surface area contributed by atoms with Crippen LogP contribution in [0.1, 0.15) is 38.8 Å². The minimum atomic E-state index is -0.913. The maximum atomic E-state index is 11.4. The van der Waals surface area contributed by atoms with Crippen LogP contribution in [0.5, 0.6) is 5.75 Å². The number of carboxylic acids is 1. The smallest absolute Gasteiger partial charge is 0.310 e. The molecule has 0 aromatic heterocycles. The van der Waals surface area contributed by atoms with Crippen molar-refractivity contribution in [1.82, 2.24) is 5.32 Å². The van der Waals surface area contributed by atoms with E-state index >= 15 is 0 Å². The van der Waals surface area contributed by atoms with Gasteiger partial charge in [0.25, 0.3) is 0 Å². The van der Waals surface area contributed by atoms with Gasteiger partial charge < -0.3 is 15.2 Å². The van der Waals surface area contributed by atoms with E-state index in [-0.39, 0.29) is 0 Å². The maximum absolute atomic E-state index is 11.4. The lowest BCUT2D eigenvalue weighted by atomic mass is 9.74. The minimum Gasteiger partial charge on any atom is -0.495 e. The highest BCUT2D eigenvalue weighted by atomic mass is 16.5. The fourth-order valence-corrected chi connectivity index (χ4v) is 1.75. The molecule has 0 atom stereocenters. The van der Waals surface area contributed by atoms with Gasteiger partial charge >= 0.3 is 5.97 Å². The third-order valence-corrected chi connectivity index (χ3v) is 4.22. The normalized spacial score (nSPS) is 11.8. The largest absolute Gasteiger partial charge is 0.495 e. The predicted molar refractivity (Wildman–Crippen MR) is 80.0 cm³/mol. The Morgan fingerprint density at radius 2 is 2.00 bits per heavy atom. The summed E-state index contributed by atoms with van der Waals surface area (Å²) in [5.74, 6) is -0.329. The minimum absolute atomic E-state index is 0.478. The summed E-state index contributed by atoms with van der Waals surface area (Å²) in [6, 6.07) is 7.38. The summed E-state index contributed by atoms with van der Waals surface area (Å²) in [4.78, 5) is 11.4. The van der Waals surface area contributed by atoms with Crippen molar-refractivity contribution in [3.8, 4) is 11.8 Å². The first-order valence-electron chi connectivity index (χ1n) is 6.71. The molecule has 0 saturated heterocycles. The highest BCUT2D eigenvalue weighted by molar-refractivity contribution is 5.75. The number of nitrogens with zero attached hydrogens (tertiary/aromatic N) is 1. The number of rotatable bonds is 6. The van der Waals surface area contributed by atoms with Crippen molar-refractivity contribution in [1.29, 1.82) is 5.26 Å². The Labute approximate surface area is 125 Å². The highest BCUT2D eigenvalue weighted by Crippen LogP contribution is 2.31. The molecule has 0 aliphatic heterocycles. The SMILES string of the molecule is COc1cc(CNC(C)(C)C(C)(C)C(=O)O)ccc1C#N. The number of ether oxygens (including phenoxy) is 1. The Morgan fingerprint density at radius 1 is 1.38 bits per heavy atom. The van der Waals surface area contributed by atoms with Gasteiger partial charge in [-0.15, -0.1) is 0 Å². The third-order valence-electron chi connectivity index (χ3n) is 4.22. The van der Waals surface area contributed by atoms with E-state index in [1.165, 1.54) is 7.11 Å². The van der Waals surface area contributed by atoms with Gasteiger partial charge in [-0.05, 0) is 45.4 Å². The Bertz CT molecular complexity index is 571. The second-order valence-electron chi connectivity index (χ2n) is 6.06. The number of hydrogen-bond donors (Lipinski definition) is 2. The molecule has 0 heterocycles. The molecule has 2 N–H and O–H groups in total. The van der Waals surface area contributed by atoms with Crippen LogP contribution in [0.4, 0.5) is 0 Å². The van der Waals surface area contributed by atoms with Crippen LogP contribution in [-0.4, -0.2) is 23.7 Å². The molecule has 0 spiro atoms. The Morgan fingerprint density at radius 3 is 2.48 bits per heavy atom. The fourth-order valence-electron chi connectivity index (χ4n) is 1.75. The fraction of sp³-hybridized carbons (Fsp3) is 0.500. The highest BCUT2D eigenvalue weighted by Gasteiger charge is 2.42. The van der Waals surface area contributed by atoms with Gasteiger partial charge in [-0.25, -0.2) is 0 Å². The van der Waals surface area contributed by atoms with Crippen LogP contribution in [0.15, 0.2) is 18.2 Å². The van der Waals surface area contributed by atoms with Gasteiger partial charge in [0.1, 0.15) is 11.8 Å². The molecular weight excluding hydrogens is 268 g/mol. The molecule has 0 amide bonds. The molecule has 1 rings (SSSR count). The van der Waals surface area contributed by atoms with Crippen LogP contribution in [0.25, 0.3) is 0 Å². The van der Waals surface area contributed by atoms with E-state index in [2.05, 4.69) is 11.4 Å². The van der Waals surface area contributed by atoms with Gasteiger partial charge in [0.15, 0.2) is 0 Å². The standard InChI is InChI=1S/C16H22N2O3/c1-15(2,14(19)20)16(3,4)18-10-11-6-7-12(9-17)13(8-11)21-5/h6-8,18H,10H2,1-5H3,(H,19,20). The molecule has 0 unspecified atom stereocenters. The lowest BCUT2D eigenvalue weighted by Gasteiger charge is -2.39. The van der Waals surface area contributed by atoms with E-state index in [4.69, 9.17) is 10.00 Å². The number of aliphatic carboxylic acids is 1. The summed E-state index contributed by atoms with van der Waals surface area (Å²) in [5, 5.41) is 21.6. The van der Waals surface area contributed by atoms with Gasteiger partial charge in [0.05, 0.1) is 18.1 Å². The molecule has 0 bridgehead atoms. The zero-order valence-electron chi connectivity index (χ0n) is 13.2. The average molecular weight is 290 g/mol. The molecule has 0 radical (unpaired) electrons. The van der Waals surface area contributed by atoms with Crippen molar-refractivity contribution in [2.75, 3.05) is 7.11 Å². The number of nitriles is 1. The van der Waals surface area contributed by atoms with E-state index in [0.717, 1.165) is 5.56 Å². The van der Waals surface area contributed by atoms with Crippen LogP contribution in [-0.2, 0) is 11.3 Å².